The Morgan fingerprint density at radius 1 is 1.04 bits per heavy atom. The van der Waals surface area contributed by atoms with E-state index in [1.54, 1.807) is 18.2 Å². The lowest BCUT2D eigenvalue weighted by Gasteiger charge is -2.36. The van der Waals surface area contributed by atoms with Crippen LogP contribution < -0.4 is 9.80 Å². The minimum absolute atomic E-state index is 0.0147. The Labute approximate surface area is 139 Å². The van der Waals surface area contributed by atoms with Gasteiger partial charge in [0.2, 0.25) is 11.8 Å². The van der Waals surface area contributed by atoms with Crippen LogP contribution in [0.1, 0.15) is 18.4 Å². The largest absolute Gasteiger partial charge is 0.306 e. The molecule has 2 aliphatic rings. The van der Waals surface area contributed by atoms with Crippen LogP contribution in [0.3, 0.4) is 0 Å². The Kier molecular flexibility index (Phi) is 3.56. The third-order valence-corrected chi connectivity index (χ3v) is 4.51. The van der Waals surface area contributed by atoms with E-state index < -0.39 is 5.82 Å². The highest BCUT2D eigenvalue weighted by Gasteiger charge is 2.40. The van der Waals surface area contributed by atoms with Gasteiger partial charge in [0.25, 0.3) is 0 Å². The number of rotatable bonds is 3. The summed E-state index contributed by atoms with van der Waals surface area (Å²) in [5, 5.41) is 0. The fourth-order valence-electron chi connectivity index (χ4n) is 3.18. The smallest absolute Gasteiger partial charge is 0.247 e. The van der Waals surface area contributed by atoms with Gasteiger partial charge in [-0.1, -0.05) is 30.3 Å². The summed E-state index contributed by atoms with van der Waals surface area (Å²) in [6.07, 6.45) is 1.95. The normalized spacial score (nSPS) is 17.0. The Morgan fingerprint density at radius 3 is 2.42 bits per heavy atom. The molecular formula is C19H17FN2O2. The van der Waals surface area contributed by atoms with E-state index in [-0.39, 0.29) is 30.8 Å². The van der Waals surface area contributed by atoms with Crippen LogP contribution in [-0.2, 0) is 16.0 Å². The van der Waals surface area contributed by atoms with Crippen molar-refractivity contribution in [3.05, 3.63) is 59.9 Å². The van der Waals surface area contributed by atoms with Gasteiger partial charge >= 0.3 is 0 Å². The highest BCUT2D eigenvalue weighted by molar-refractivity contribution is 6.11. The maximum absolute atomic E-state index is 13.8. The van der Waals surface area contributed by atoms with E-state index in [0.29, 0.717) is 5.56 Å². The molecule has 0 saturated heterocycles. The Morgan fingerprint density at radius 2 is 1.71 bits per heavy atom. The molecule has 0 bridgehead atoms. The molecule has 1 fully saturated rings. The first-order valence-corrected chi connectivity index (χ1v) is 8.10. The van der Waals surface area contributed by atoms with Gasteiger partial charge in [0.05, 0.1) is 17.8 Å². The van der Waals surface area contributed by atoms with Crippen LogP contribution in [-0.4, -0.2) is 24.4 Å². The summed E-state index contributed by atoms with van der Waals surface area (Å²) in [5.41, 5.74) is 1.85. The van der Waals surface area contributed by atoms with Crippen molar-refractivity contribution in [3.63, 3.8) is 0 Å². The van der Waals surface area contributed by atoms with E-state index in [0.717, 1.165) is 24.2 Å². The minimum atomic E-state index is -0.401. The van der Waals surface area contributed by atoms with E-state index in [2.05, 4.69) is 0 Å². The van der Waals surface area contributed by atoms with Crippen molar-refractivity contribution in [2.75, 3.05) is 16.3 Å². The van der Waals surface area contributed by atoms with Gasteiger partial charge in [-0.15, -0.1) is 0 Å². The van der Waals surface area contributed by atoms with E-state index in [1.807, 2.05) is 29.2 Å². The van der Waals surface area contributed by atoms with Crippen molar-refractivity contribution >= 4 is 23.2 Å². The molecule has 4 nitrogen and oxygen atoms in total. The van der Waals surface area contributed by atoms with E-state index >= 15 is 0 Å². The van der Waals surface area contributed by atoms with Gasteiger partial charge in [-0.25, -0.2) is 4.39 Å². The van der Waals surface area contributed by atoms with Gasteiger partial charge in [0.15, 0.2) is 0 Å². The quantitative estimate of drug-likeness (QED) is 0.871. The van der Waals surface area contributed by atoms with Gasteiger partial charge in [-0.05, 0) is 36.6 Å². The predicted molar refractivity (Wildman–Crippen MR) is 89.4 cm³/mol. The van der Waals surface area contributed by atoms with Crippen molar-refractivity contribution in [2.24, 2.45) is 0 Å². The second-order valence-electron chi connectivity index (χ2n) is 6.23. The number of nitrogens with zero attached hydrogens (tertiary/aromatic N) is 2. The summed E-state index contributed by atoms with van der Waals surface area (Å²) in [7, 11) is 0. The molecule has 5 heteroatoms. The Balaban J connectivity index is 1.65. The zero-order chi connectivity index (χ0) is 16.7. The summed E-state index contributed by atoms with van der Waals surface area (Å²) in [6.45, 7) is 0.0147. The first-order chi connectivity index (χ1) is 11.6. The lowest BCUT2D eigenvalue weighted by molar-refractivity contribution is -0.122. The maximum Gasteiger partial charge on any atom is 0.247 e. The molecule has 122 valence electrons. The first-order valence-electron chi connectivity index (χ1n) is 8.10. The average Bonchev–Trinajstić information content (AvgIpc) is 3.41. The number of amides is 2. The number of halogens is 1. The van der Waals surface area contributed by atoms with Crippen LogP contribution in [0.5, 0.6) is 0 Å². The average molecular weight is 324 g/mol. The van der Waals surface area contributed by atoms with Crippen LogP contribution in [0.15, 0.2) is 48.5 Å². The van der Waals surface area contributed by atoms with E-state index in [4.69, 9.17) is 0 Å². The molecule has 2 aromatic rings. The number of benzene rings is 2. The monoisotopic (exact) mass is 324 g/mol. The highest BCUT2D eigenvalue weighted by Crippen LogP contribution is 2.40. The topological polar surface area (TPSA) is 40.6 Å². The van der Waals surface area contributed by atoms with Crippen LogP contribution in [0.2, 0.25) is 0 Å². The molecule has 4 rings (SSSR count). The molecule has 0 unspecified atom stereocenters. The molecule has 0 N–H and O–H groups in total. The first kappa shape index (κ1) is 14.9. The number of anilines is 2. The SMILES string of the molecule is O=C(Cc1ccccc1F)N1CC(=O)N(C2CC2)c2ccccc21. The zero-order valence-electron chi connectivity index (χ0n) is 13.1. The summed E-state index contributed by atoms with van der Waals surface area (Å²) in [4.78, 5) is 28.5. The highest BCUT2D eigenvalue weighted by atomic mass is 19.1. The third-order valence-electron chi connectivity index (χ3n) is 4.51. The lowest BCUT2D eigenvalue weighted by Crippen LogP contribution is -2.49. The van der Waals surface area contributed by atoms with Crippen LogP contribution in [0.4, 0.5) is 15.8 Å². The van der Waals surface area contributed by atoms with Crippen molar-refractivity contribution in [2.45, 2.75) is 25.3 Å². The molecule has 0 aromatic heterocycles. The van der Waals surface area contributed by atoms with E-state index in [1.165, 1.54) is 11.0 Å². The maximum atomic E-state index is 13.8. The molecule has 1 aliphatic carbocycles. The Bertz CT molecular complexity index is 817. The second kappa shape index (κ2) is 5.74. The van der Waals surface area contributed by atoms with Crippen LogP contribution >= 0.6 is 0 Å². The molecule has 2 amide bonds. The van der Waals surface area contributed by atoms with Gasteiger partial charge in [0.1, 0.15) is 12.4 Å². The number of carbonyl (C=O) groups excluding carboxylic acids is 2. The molecule has 1 heterocycles. The van der Waals surface area contributed by atoms with Crippen molar-refractivity contribution < 1.29 is 14.0 Å². The Hall–Kier alpha value is -2.69. The minimum Gasteiger partial charge on any atom is -0.306 e. The van der Waals surface area contributed by atoms with Gasteiger partial charge in [-0.2, -0.15) is 0 Å². The third kappa shape index (κ3) is 2.56. The summed E-state index contributed by atoms with van der Waals surface area (Å²) >= 11 is 0. The molecule has 1 aliphatic heterocycles. The molecular weight excluding hydrogens is 307 g/mol. The van der Waals surface area contributed by atoms with Crippen LogP contribution in [0, 0.1) is 5.82 Å². The predicted octanol–water partition coefficient (Wildman–Crippen LogP) is 2.91. The van der Waals surface area contributed by atoms with Gasteiger partial charge in [-0.3, -0.25) is 9.59 Å². The molecule has 1 saturated carbocycles. The van der Waals surface area contributed by atoms with Crippen LogP contribution in [0.25, 0.3) is 0 Å². The lowest BCUT2D eigenvalue weighted by atomic mass is 10.1. The number of hydrogen-bond acceptors (Lipinski definition) is 2. The fraction of sp³-hybridized carbons (Fsp3) is 0.263. The summed E-state index contributed by atoms with van der Waals surface area (Å²) in [6, 6.07) is 13.9. The zero-order valence-corrected chi connectivity index (χ0v) is 13.1. The molecule has 0 spiro atoms. The number of para-hydroxylation sites is 2. The fourth-order valence-corrected chi connectivity index (χ4v) is 3.18. The van der Waals surface area contributed by atoms with Crippen molar-refractivity contribution in [1.29, 1.82) is 0 Å². The number of carbonyl (C=O) groups is 2. The summed E-state index contributed by atoms with van der Waals surface area (Å²) < 4.78 is 13.8. The summed E-state index contributed by atoms with van der Waals surface area (Å²) in [5.74, 6) is -0.739. The van der Waals surface area contributed by atoms with Crippen molar-refractivity contribution in [1.82, 2.24) is 0 Å². The van der Waals surface area contributed by atoms with E-state index in [9.17, 15) is 14.0 Å². The standard InChI is InChI=1S/C19H17FN2O2/c20-15-6-2-1-5-13(15)11-18(23)21-12-19(24)22(14-9-10-14)17-8-4-3-7-16(17)21/h1-8,14H,9-12H2. The number of hydrogen-bond donors (Lipinski definition) is 0. The number of fused-ring (bicyclic) bond motifs is 1. The molecule has 0 atom stereocenters. The second-order valence-corrected chi connectivity index (χ2v) is 6.23. The van der Waals surface area contributed by atoms with Gasteiger partial charge in [0, 0.05) is 6.04 Å². The van der Waals surface area contributed by atoms with Crippen molar-refractivity contribution in [3.8, 4) is 0 Å². The molecule has 24 heavy (non-hydrogen) atoms. The molecule has 2 aromatic carbocycles. The molecule has 0 radical (unpaired) electrons. The van der Waals surface area contributed by atoms with Gasteiger partial charge < -0.3 is 9.80 Å².